The third-order valence-corrected chi connectivity index (χ3v) is 4.93. The summed E-state index contributed by atoms with van der Waals surface area (Å²) in [6, 6.07) is 7.02. The maximum atomic E-state index is 13.1. The van der Waals surface area contributed by atoms with Gasteiger partial charge >= 0.3 is 0 Å². The Bertz CT molecular complexity index is 421. The second kappa shape index (κ2) is 4.32. The molecule has 2 nitrogen and oxygen atoms in total. The summed E-state index contributed by atoms with van der Waals surface area (Å²) in [6.45, 7) is 2.58. The maximum Gasteiger partial charge on any atom is 0.123 e. The molecule has 98 valence electrons. The van der Waals surface area contributed by atoms with Crippen molar-refractivity contribution < 1.29 is 9.13 Å². The number of hydrogen-bond donors (Lipinski definition) is 1. The Morgan fingerprint density at radius 3 is 2.28 bits per heavy atom. The third-order valence-electron chi connectivity index (χ3n) is 4.93. The summed E-state index contributed by atoms with van der Waals surface area (Å²) in [7, 11) is 2.01. The lowest BCUT2D eigenvalue weighted by Crippen LogP contribution is -2.64. The predicted molar refractivity (Wildman–Crippen MR) is 69.1 cm³/mol. The highest BCUT2D eigenvalue weighted by atomic mass is 19.1. The molecule has 1 heterocycles. The van der Waals surface area contributed by atoms with E-state index >= 15 is 0 Å². The predicted octanol–water partition coefficient (Wildman–Crippen LogP) is 2.48. The van der Waals surface area contributed by atoms with Crippen LogP contribution >= 0.6 is 0 Å². The summed E-state index contributed by atoms with van der Waals surface area (Å²) in [4.78, 5) is 0. The fraction of sp³-hybridized carbons (Fsp3) is 0.600. The van der Waals surface area contributed by atoms with E-state index in [9.17, 15) is 4.39 Å². The molecule has 18 heavy (non-hydrogen) atoms. The number of nitrogens with one attached hydrogen (secondary N) is 1. The Morgan fingerprint density at radius 2 is 1.89 bits per heavy atom. The van der Waals surface area contributed by atoms with Gasteiger partial charge in [0.15, 0.2) is 0 Å². The van der Waals surface area contributed by atoms with E-state index in [0.717, 1.165) is 19.8 Å². The van der Waals surface area contributed by atoms with Gasteiger partial charge in [-0.05, 0) is 43.0 Å². The van der Waals surface area contributed by atoms with Crippen molar-refractivity contribution in [2.75, 3.05) is 26.8 Å². The van der Waals surface area contributed by atoms with Crippen LogP contribution in [0, 0.1) is 11.2 Å². The van der Waals surface area contributed by atoms with Crippen molar-refractivity contribution in [2.45, 2.75) is 24.7 Å². The van der Waals surface area contributed by atoms with E-state index in [2.05, 4.69) is 5.32 Å². The van der Waals surface area contributed by atoms with E-state index in [-0.39, 0.29) is 11.2 Å². The average molecular weight is 249 g/mol. The molecule has 1 saturated heterocycles. The molecular weight excluding hydrogens is 229 g/mol. The van der Waals surface area contributed by atoms with Crippen molar-refractivity contribution in [3.05, 3.63) is 35.6 Å². The van der Waals surface area contributed by atoms with Crippen LogP contribution in [0.5, 0.6) is 0 Å². The number of ether oxygens (including phenoxy) is 1. The van der Waals surface area contributed by atoms with Gasteiger partial charge in [-0.2, -0.15) is 0 Å². The Kier molecular flexibility index (Phi) is 2.91. The molecule has 0 unspecified atom stereocenters. The lowest BCUT2D eigenvalue weighted by atomic mass is 9.49. The standard InChI is InChI=1S/C15H20FNO/c1-17-9-14(7-2-8-14)15(10-18-11-15)12-3-5-13(16)6-4-12/h3-6,17H,2,7-11H2,1H3. The van der Waals surface area contributed by atoms with Crippen LogP contribution in [0.1, 0.15) is 24.8 Å². The van der Waals surface area contributed by atoms with Crippen LogP contribution in [0.3, 0.4) is 0 Å². The molecular formula is C15H20FNO. The molecule has 3 heteroatoms. The van der Waals surface area contributed by atoms with Crippen molar-refractivity contribution in [3.8, 4) is 0 Å². The monoisotopic (exact) mass is 249 g/mol. The molecule has 1 N–H and O–H groups in total. The summed E-state index contributed by atoms with van der Waals surface area (Å²) in [5.41, 5.74) is 1.64. The smallest absolute Gasteiger partial charge is 0.123 e. The summed E-state index contributed by atoms with van der Waals surface area (Å²) in [5.74, 6) is -0.162. The molecule has 3 rings (SSSR count). The summed E-state index contributed by atoms with van der Waals surface area (Å²) in [6.07, 6.45) is 3.79. The molecule has 0 radical (unpaired) electrons. The van der Waals surface area contributed by atoms with E-state index in [1.165, 1.54) is 24.8 Å². The van der Waals surface area contributed by atoms with Gasteiger partial charge in [0.25, 0.3) is 0 Å². The molecule has 2 aliphatic rings. The van der Waals surface area contributed by atoms with Crippen LogP contribution in [0.25, 0.3) is 0 Å². The first-order chi connectivity index (χ1) is 8.72. The second-order valence-corrected chi connectivity index (χ2v) is 5.75. The first kappa shape index (κ1) is 12.1. The molecule has 0 aromatic heterocycles. The summed E-state index contributed by atoms with van der Waals surface area (Å²) in [5, 5.41) is 3.34. The van der Waals surface area contributed by atoms with Gasteiger partial charge in [0.2, 0.25) is 0 Å². The van der Waals surface area contributed by atoms with Gasteiger partial charge in [-0.15, -0.1) is 0 Å². The van der Waals surface area contributed by atoms with Crippen molar-refractivity contribution in [3.63, 3.8) is 0 Å². The first-order valence-corrected chi connectivity index (χ1v) is 6.71. The molecule has 1 aliphatic carbocycles. The number of halogens is 1. The third kappa shape index (κ3) is 1.54. The van der Waals surface area contributed by atoms with Crippen LogP contribution in [-0.2, 0) is 10.2 Å². The van der Waals surface area contributed by atoms with E-state index in [0.29, 0.717) is 5.41 Å². The zero-order valence-electron chi connectivity index (χ0n) is 10.8. The van der Waals surface area contributed by atoms with Crippen molar-refractivity contribution in [1.29, 1.82) is 0 Å². The Balaban J connectivity index is 1.96. The Morgan fingerprint density at radius 1 is 1.22 bits per heavy atom. The van der Waals surface area contributed by atoms with Gasteiger partial charge in [0, 0.05) is 12.0 Å². The molecule has 0 amide bonds. The fourth-order valence-electron chi connectivity index (χ4n) is 3.62. The SMILES string of the molecule is CNCC1(C2(c3ccc(F)cc3)COC2)CCC1. The van der Waals surface area contributed by atoms with Gasteiger partial charge < -0.3 is 10.1 Å². The zero-order chi connectivity index (χ0) is 12.6. The highest BCUT2D eigenvalue weighted by Crippen LogP contribution is 2.58. The van der Waals surface area contributed by atoms with E-state index in [4.69, 9.17) is 4.74 Å². The van der Waals surface area contributed by atoms with Crippen LogP contribution < -0.4 is 5.32 Å². The van der Waals surface area contributed by atoms with Gasteiger partial charge in [0.05, 0.1) is 13.2 Å². The van der Waals surface area contributed by atoms with Crippen LogP contribution in [0.15, 0.2) is 24.3 Å². The first-order valence-electron chi connectivity index (χ1n) is 6.71. The largest absolute Gasteiger partial charge is 0.379 e. The summed E-state index contributed by atoms with van der Waals surface area (Å²) >= 11 is 0. The quantitative estimate of drug-likeness (QED) is 0.885. The second-order valence-electron chi connectivity index (χ2n) is 5.75. The van der Waals surface area contributed by atoms with Gasteiger partial charge in [0.1, 0.15) is 5.82 Å². The minimum absolute atomic E-state index is 0.0992. The van der Waals surface area contributed by atoms with Crippen molar-refractivity contribution >= 4 is 0 Å². The van der Waals surface area contributed by atoms with Gasteiger partial charge in [-0.3, -0.25) is 0 Å². The Hall–Kier alpha value is -0.930. The molecule has 0 atom stereocenters. The topological polar surface area (TPSA) is 21.3 Å². The van der Waals surface area contributed by atoms with Crippen LogP contribution in [0.2, 0.25) is 0 Å². The van der Waals surface area contributed by atoms with E-state index in [1.54, 1.807) is 12.1 Å². The van der Waals surface area contributed by atoms with Crippen molar-refractivity contribution in [2.24, 2.45) is 5.41 Å². The van der Waals surface area contributed by atoms with Crippen LogP contribution in [0.4, 0.5) is 4.39 Å². The molecule has 0 spiro atoms. The lowest BCUT2D eigenvalue weighted by Gasteiger charge is -2.60. The van der Waals surface area contributed by atoms with E-state index < -0.39 is 0 Å². The fourth-order valence-corrected chi connectivity index (χ4v) is 3.62. The lowest BCUT2D eigenvalue weighted by molar-refractivity contribution is -0.156. The number of hydrogen-bond acceptors (Lipinski definition) is 2. The molecule has 1 saturated carbocycles. The summed E-state index contributed by atoms with van der Waals surface area (Å²) < 4.78 is 18.6. The number of rotatable bonds is 4. The van der Waals surface area contributed by atoms with Crippen LogP contribution in [-0.4, -0.2) is 26.8 Å². The molecule has 2 fully saturated rings. The highest BCUT2D eigenvalue weighted by Gasteiger charge is 2.59. The normalized spacial score (nSPS) is 24.1. The number of benzene rings is 1. The zero-order valence-corrected chi connectivity index (χ0v) is 10.8. The Labute approximate surface area is 108 Å². The molecule has 1 aromatic carbocycles. The van der Waals surface area contributed by atoms with Gasteiger partial charge in [-0.1, -0.05) is 18.6 Å². The van der Waals surface area contributed by atoms with Gasteiger partial charge in [-0.25, -0.2) is 4.39 Å². The van der Waals surface area contributed by atoms with Crippen molar-refractivity contribution in [1.82, 2.24) is 5.32 Å². The average Bonchev–Trinajstić information content (AvgIpc) is 2.26. The maximum absolute atomic E-state index is 13.1. The molecule has 0 bridgehead atoms. The molecule has 1 aliphatic heterocycles. The molecule has 1 aromatic rings. The van der Waals surface area contributed by atoms with E-state index in [1.807, 2.05) is 19.2 Å². The highest BCUT2D eigenvalue weighted by molar-refractivity contribution is 5.33. The minimum atomic E-state index is -0.162. The minimum Gasteiger partial charge on any atom is -0.379 e.